The second-order valence-corrected chi connectivity index (χ2v) is 4.29. The van der Waals surface area contributed by atoms with E-state index in [2.05, 4.69) is 0 Å². The van der Waals surface area contributed by atoms with Gasteiger partial charge >= 0.3 is 0 Å². The van der Waals surface area contributed by atoms with Crippen LogP contribution in [0.5, 0.6) is 5.75 Å². The highest BCUT2D eigenvalue weighted by molar-refractivity contribution is 6.08. The molecule has 0 aromatic heterocycles. The molecule has 0 aliphatic heterocycles. The van der Waals surface area contributed by atoms with Crippen molar-refractivity contribution in [3.05, 3.63) is 65.7 Å². The molecule has 0 bridgehead atoms. The Balaban J connectivity index is 2.17. The van der Waals surface area contributed by atoms with Crippen molar-refractivity contribution in [3.8, 4) is 5.75 Å². The molecule has 2 N–H and O–H groups in total. The fourth-order valence-corrected chi connectivity index (χ4v) is 1.82. The van der Waals surface area contributed by atoms with Crippen molar-refractivity contribution in [3.63, 3.8) is 0 Å². The van der Waals surface area contributed by atoms with Crippen molar-refractivity contribution >= 4 is 17.5 Å². The van der Waals surface area contributed by atoms with Gasteiger partial charge in [0, 0.05) is 5.69 Å². The van der Waals surface area contributed by atoms with Gasteiger partial charge in [0.05, 0.1) is 12.2 Å². The molecule has 20 heavy (non-hydrogen) atoms. The lowest BCUT2D eigenvalue weighted by atomic mass is 10.1. The van der Waals surface area contributed by atoms with Crippen molar-refractivity contribution < 1.29 is 9.53 Å². The summed E-state index contributed by atoms with van der Waals surface area (Å²) < 4.78 is 5.45. The Morgan fingerprint density at radius 2 is 1.85 bits per heavy atom. The van der Waals surface area contributed by atoms with Crippen molar-refractivity contribution in [2.24, 2.45) is 0 Å². The first-order chi connectivity index (χ1) is 9.70. The van der Waals surface area contributed by atoms with E-state index in [9.17, 15) is 4.79 Å². The third-order valence-corrected chi connectivity index (χ3v) is 2.82. The first-order valence-corrected chi connectivity index (χ1v) is 6.50. The molecule has 3 heteroatoms. The highest BCUT2D eigenvalue weighted by Crippen LogP contribution is 2.19. The number of nitrogens with two attached hydrogens (primary N) is 1. The van der Waals surface area contributed by atoms with E-state index in [4.69, 9.17) is 10.5 Å². The average Bonchev–Trinajstić information content (AvgIpc) is 2.47. The zero-order valence-electron chi connectivity index (χ0n) is 11.4. The van der Waals surface area contributed by atoms with Gasteiger partial charge in [0.1, 0.15) is 5.75 Å². The number of anilines is 1. The van der Waals surface area contributed by atoms with E-state index in [0.717, 1.165) is 5.56 Å². The molecule has 3 nitrogen and oxygen atoms in total. The van der Waals surface area contributed by atoms with Crippen LogP contribution < -0.4 is 10.5 Å². The van der Waals surface area contributed by atoms with Crippen molar-refractivity contribution in [1.29, 1.82) is 0 Å². The van der Waals surface area contributed by atoms with Gasteiger partial charge in [0.25, 0.3) is 0 Å². The minimum atomic E-state index is -0.0779. The molecule has 2 rings (SSSR count). The zero-order valence-corrected chi connectivity index (χ0v) is 11.4. The van der Waals surface area contributed by atoms with E-state index in [-0.39, 0.29) is 5.78 Å². The van der Waals surface area contributed by atoms with Gasteiger partial charge in [-0.25, -0.2) is 0 Å². The van der Waals surface area contributed by atoms with Crippen LogP contribution in [-0.4, -0.2) is 12.4 Å². The molecule has 0 spiro atoms. The topological polar surface area (TPSA) is 52.3 Å². The maximum atomic E-state index is 12.2. The molecule has 0 amide bonds. The Bertz CT molecular complexity index is 615. The number of para-hydroxylation sites is 1. The van der Waals surface area contributed by atoms with Crippen molar-refractivity contribution in [1.82, 2.24) is 0 Å². The van der Waals surface area contributed by atoms with Crippen LogP contribution in [0.2, 0.25) is 0 Å². The second-order valence-electron chi connectivity index (χ2n) is 4.29. The summed E-state index contributed by atoms with van der Waals surface area (Å²) in [7, 11) is 0. The van der Waals surface area contributed by atoms with Gasteiger partial charge in [-0.05, 0) is 42.8 Å². The van der Waals surface area contributed by atoms with E-state index in [1.165, 1.54) is 0 Å². The standard InChI is InChI=1S/C17H17NO2/c1-2-20-17-6-4-3-5-15(17)16(19)12-9-13-7-10-14(18)11-8-13/h3-12H,2,18H2,1H3/b12-9+. The number of ether oxygens (including phenoxy) is 1. The van der Waals surface area contributed by atoms with Crippen LogP contribution in [-0.2, 0) is 0 Å². The molecule has 2 aromatic rings. The third kappa shape index (κ3) is 3.48. The van der Waals surface area contributed by atoms with E-state index in [1.807, 2.05) is 31.2 Å². The monoisotopic (exact) mass is 267 g/mol. The summed E-state index contributed by atoms with van der Waals surface area (Å²) >= 11 is 0. The minimum absolute atomic E-state index is 0.0779. The molecule has 0 heterocycles. The molecule has 0 aliphatic carbocycles. The number of allylic oxidation sites excluding steroid dienone is 1. The first-order valence-electron chi connectivity index (χ1n) is 6.50. The molecule has 0 unspecified atom stereocenters. The largest absolute Gasteiger partial charge is 0.493 e. The summed E-state index contributed by atoms with van der Waals surface area (Å²) in [6.45, 7) is 2.43. The Labute approximate surface area is 118 Å². The number of ketones is 1. The van der Waals surface area contributed by atoms with Gasteiger partial charge in [-0.2, -0.15) is 0 Å². The predicted molar refractivity (Wildman–Crippen MR) is 81.8 cm³/mol. The van der Waals surface area contributed by atoms with Crippen LogP contribution in [0.4, 0.5) is 5.69 Å². The van der Waals surface area contributed by atoms with Crippen LogP contribution in [0.15, 0.2) is 54.6 Å². The van der Waals surface area contributed by atoms with Crippen LogP contribution in [0.25, 0.3) is 6.08 Å². The molecule has 0 saturated heterocycles. The fourth-order valence-electron chi connectivity index (χ4n) is 1.82. The van der Waals surface area contributed by atoms with E-state index in [0.29, 0.717) is 23.6 Å². The summed E-state index contributed by atoms with van der Waals surface area (Å²) in [6, 6.07) is 14.6. The molecule has 102 valence electrons. The summed E-state index contributed by atoms with van der Waals surface area (Å²) in [5.74, 6) is 0.535. The van der Waals surface area contributed by atoms with Gasteiger partial charge < -0.3 is 10.5 Å². The maximum absolute atomic E-state index is 12.2. The lowest BCUT2D eigenvalue weighted by molar-refractivity contribution is 0.104. The number of hydrogen-bond acceptors (Lipinski definition) is 3. The predicted octanol–water partition coefficient (Wildman–Crippen LogP) is 3.56. The maximum Gasteiger partial charge on any atom is 0.189 e. The molecule has 0 atom stereocenters. The number of rotatable bonds is 5. The summed E-state index contributed by atoms with van der Waals surface area (Å²) in [6.07, 6.45) is 3.31. The summed E-state index contributed by atoms with van der Waals surface area (Å²) in [5, 5.41) is 0. The highest BCUT2D eigenvalue weighted by atomic mass is 16.5. The number of carbonyl (C=O) groups is 1. The van der Waals surface area contributed by atoms with E-state index >= 15 is 0 Å². The van der Waals surface area contributed by atoms with E-state index < -0.39 is 0 Å². The first kappa shape index (κ1) is 13.9. The molecule has 2 aromatic carbocycles. The number of benzene rings is 2. The Morgan fingerprint density at radius 1 is 1.15 bits per heavy atom. The minimum Gasteiger partial charge on any atom is -0.493 e. The molecule has 0 fully saturated rings. The Kier molecular flexibility index (Phi) is 4.56. The van der Waals surface area contributed by atoms with Crippen LogP contribution in [0.3, 0.4) is 0 Å². The molecule has 0 radical (unpaired) electrons. The van der Waals surface area contributed by atoms with Gasteiger partial charge in [0.15, 0.2) is 5.78 Å². The van der Waals surface area contributed by atoms with Crippen molar-refractivity contribution in [2.45, 2.75) is 6.92 Å². The van der Waals surface area contributed by atoms with Gasteiger partial charge in [-0.15, -0.1) is 0 Å². The SMILES string of the molecule is CCOc1ccccc1C(=O)/C=C/c1ccc(N)cc1. The lowest BCUT2D eigenvalue weighted by Gasteiger charge is -2.06. The lowest BCUT2D eigenvalue weighted by Crippen LogP contribution is -2.01. The van der Waals surface area contributed by atoms with Gasteiger partial charge in [-0.3, -0.25) is 4.79 Å². The average molecular weight is 267 g/mol. The molecule has 0 saturated carbocycles. The number of nitrogen functional groups attached to an aromatic ring is 1. The second kappa shape index (κ2) is 6.57. The van der Waals surface area contributed by atoms with E-state index in [1.54, 1.807) is 36.4 Å². The highest BCUT2D eigenvalue weighted by Gasteiger charge is 2.08. The van der Waals surface area contributed by atoms with Crippen LogP contribution in [0, 0.1) is 0 Å². The smallest absolute Gasteiger partial charge is 0.189 e. The summed E-state index contributed by atoms with van der Waals surface area (Å²) in [4.78, 5) is 12.2. The quantitative estimate of drug-likeness (QED) is 0.512. The molecular weight excluding hydrogens is 250 g/mol. The van der Waals surface area contributed by atoms with Gasteiger partial charge in [-0.1, -0.05) is 30.3 Å². The van der Waals surface area contributed by atoms with Crippen LogP contribution >= 0.6 is 0 Å². The van der Waals surface area contributed by atoms with Crippen LogP contribution in [0.1, 0.15) is 22.8 Å². The fraction of sp³-hybridized carbons (Fsp3) is 0.118. The Morgan fingerprint density at radius 3 is 2.55 bits per heavy atom. The third-order valence-electron chi connectivity index (χ3n) is 2.82. The Hall–Kier alpha value is -2.55. The molecule has 0 aliphatic rings. The number of carbonyl (C=O) groups excluding carboxylic acids is 1. The van der Waals surface area contributed by atoms with Gasteiger partial charge in [0.2, 0.25) is 0 Å². The number of hydrogen-bond donors (Lipinski definition) is 1. The molecular formula is C17H17NO2. The van der Waals surface area contributed by atoms with Crippen molar-refractivity contribution in [2.75, 3.05) is 12.3 Å². The normalized spacial score (nSPS) is 10.7. The summed E-state index contributed by atoms with van der Waals surface area (Å²) in [5.41, 5.74) is 7.83. The zero-order chi connectivity index (χ0) is 14.4.